The summed E-state index contributed by atoms with van der Waals surface area (Å²) in [7, 11) is 0. The Kier molecular flexibility index (Phi) is 3.87. The fourth-order valence-corrected chi connectivity index (χ4v) is 1.82. The quantitative estimate of drug-likeness (QED) is 0.689. The molecule has 90 valence electrons. The second-order valence-corrected chi connectivity index (χ2v) is 3.78. The average molecular weight is 229 g/mol. The van der Waals surface area contributed by atoms with E-state index in [4.69, 9.17) is 9.84 Å². The third-order valence-corrected chi connectivity index (χ3v) is 2.51. The first-order valence-corrected chi connectivity index (χ1v) is 5.14. The lowest BCUT2D eigenvalue weighted by Crippen LogP contribution is -2.45. The third-order valence-electron chi connectivity index (χ3n) is 2.51. The van der Waals surface area contributed by atoms with E-state index in [0.717, 1.165) is 0 Å². The summed E-state index contributed by atoms with van der Waals surface area (Å²) in [5, 5.41) is 8.89. The number of esters is 1. The molecule has 6 nitrogen and oxygen atoms in total. The van der Waals surface area contributed by atoms with Crippen LogP contribution in [0.5, 0.6) is 0 Å². The van der Waals surface area contributed by atoms with Gasteiger partial charge in [0.15, 0.2) is 6.10 Å². The number of amides is 1. The van der Waals surface area contributed by atoms with Crippen molar-refractivity contribution in [1.29, 1.82) is 0 Å². The number of carbonyl (C=O) groups excluding carboxylic acids is 2. The summed E-state index contributed by atoms with van der Waals surface area (Å²) in [5.41, 5.74) is 0. The van der Waals surface area contributed by atoms with Crippen LogP contribution in [-0.4, -0.2) is 46.5 Å². The number of ether oxygens (including phenoxy) is 1. The van der Waals surface area contributed by atoms with Crippen LogP contribution in [0.1, 0.15) is 26.7 Å². The van der Waals surface area contributed by atoms with E-state index in [9.17, 15) is 14.4 Å². The summed E-state index contributed by atoms with van der Waals surface area (Å²) in [6.45, 7) is 3.06. The highest BCUT2D eigenvalue weighted by Gasteiger charge is 2.36. The number of rotatable bonds is 3. The minimum absolute atomic E-state index is 0.404. The Labute approximate surface area is 93.2 Å². The van der Waals surface area contributed by atoms with E-state index in [0.29, 0.717) is 19.4 Å². The van der Waals surface area contributed by atoms with Crippen LogP contribution in [0.25, 0.3) is 0 Å². The van der Waals surface area contributed by atoms with Gasteiger partial charge in [0.2, 0.25) is 0 Å². The number of nitrogens with zero attached hydrogens (tertiary/aromatic N) is 1. The molecule has 0 saturated carbocycles. The molecule has 0 radical (unpaired) electrons. The molecule has 0 aromatic carbocycles. The van der Waals surface area contributed by atoms with Gasteiger partial charge < -0.3 is 14.7 Å². The highest BCUT2D eigenvalue weighted by Crippen LogP contribution is 2.19. The molecule has 0 aromatic rings. The summed E-state index contributed by atoms with van der Waals surface area (Å²) in [5.74, 6) is -2.01. The van der Waals surface area contributed by atoms with Crippen LogP contribution in [0.15, 0.2) is 0 Å². The van der Waals surface area contributed by atoms with Crippen molar-refractivity contribution in [2.45, 2.75) is 38.8 Å². The standard InChI is InChI=1S/C10H15NO5/c1-6(16-7(2)12)9(13)11-5-3-4-8(11)10(14)15/h6,8H,3-5H2,1-2H3,(H,14,15)/t6-,8-/m1/s1. The number of carbonyl (C=O) groups is 3. The largest absolute Gasteiger partial charge is 0.480 e. The molecule has 2 atom stereocenters. The lowest BCUT2D eigenvalue weighted by Gasteiger charge is -2.24. The molecule has 16 heavy (non-hydrogen) atoms. The SMILES string of the molecule is CC(=O)O[C@H](C)C(=O)N1CCC[C@@H]1C(=O)O. The monoisotopic (exact) mass is 229 g/mol. The van der Waals surface area contributed by atoms with Crippen molar-refractivity contribution in [1.82, 2.24) is 4.90 Å². The summed E-state index contributed by atoms with van der Waals surface area (Å²) in [6.07, 6.45) is 0.195. The zero-order chi connectivity index (χ0) is 12.3. The molecule has 1 amide bonds. The van der Waals surface area contributed by atoms with Gasteiger partial charge in [-0.3, -0.25) is 9.59 Å². The van der Waals surface area contributed by atoms with E-state index in [2.05, 4.69) is 0 Å². The number of hydrogen-bond acceptors (Lipinski definition) is 4. The molecule has 0 bridgehead atoms. The van der Waals surface area contributed by atoms with E-state index in [1.54, 1.807) is 0 Å². The van der Waals surface area contributed by atoms with Crippen LogP contribution in [-0.2, 0) is 19.1 Å². The molecule has 1 aliphatic heterocycles. The zero-order valence-corrected chi connectivity index (χ0v) is 9.30. The van der Waals surface area contributed by atoms with Gasteiger partial charge in [-0.05, 0) is 19.8 Å². The molecular weight excluding hydrogens is 214 g/mol. The van der Waals surface area contributed by atoms with Crippen LogP contribution in [0.4, 0.5) is 0 Å². The fourth-order valence-electron chi connectivity index (χ4n) is 1.82. The first kappa shape index (κ1) is 12.5. The predicted molar refractivity (Wildman–Crippen MR) is 53.6 cm³/mol. The number of aliphatic carboxylic acids is 1. The maximum absolute atomic E-state index is 11.8. The molecule has 1 N–H and O–H groups in total. The van der Waals surface area contributed by atoms with E-state index in [-0.39, 0.29) is 0 Å². The Morgan fingerprint density at radius 3 is 2.56 bits per heavy atom. The molecular formula is C10H15NO5. The molecule has 0 aromatic heterocycles. The van der Waals surface area contributed by atoms with E-state index in [1.807, 2.05) is 0 Å². The molecule has 0 spiro atoms. The number of carboxylic acids is 1. The molecule has 6 heteroatoms. The van der Waals surface area contributed by atoms with Crippen LogP contribution in [0, 0.1) is 0 Å². The van der Waals surface area contributed by atoms with Gasteiger partial charge in [0.05, 0.1) is 0 Å². The number of likely N-dealkylation sites (tertiary alicyclic amines) is 1. The summed E-state index contributed by atoms with van der Waals surface area (Å²) in [4.78, 5) is 34.6. The van der Waals surface area contributed by atoms with Gasteiger partial charge in [-0.1, -0.05) is 0 Å². The Bertz CT molecular complexity index is 314. The molecule has 1 heterocycles. The van der Waals surface area contributed by atoms with E-state index >= 15 is 0 Å². The molecule has 1 rings (SSSR count). The Balaban J connectivity index is 2.65. The fraction of sp³-hybridized carbons (Fsp3) is 0.700. The van der Waals surface area contributed by atoms with E-state index in [1.165, 1.54) is 18.7 Å². The van der Waals surface area contributed by atoms with Gasteiger partial charge in [-0.25, -0.2) is 4.79 Å². The Morgan fingerprint density at radius 1 is 1.44 bits per heavy atom. The summed E-state index contributed by atoms with van der Waals surface area (Å²) in [6, 6.07) is -0.787. The predicted octanol–water partition coefficient (Wildman–Crippen LogP) is 0.0136. The van der Waals surface area contributed by atoms with Gasteiger partial charge >= 0.3 is 11.9 Å². The lowest BCUT2D eigenvalue weighted by atomic mass is 10.2. The van der Waals surface area contributed by atoms with Gasteiger partial charge in [-0.15, -0.1) is 0 Å². The zero-order valence-electron chi connectivity index (χ0n) is 9.30. The van der Waals surface area contributed by atoms with Crippen molar-refractivity contribution in [3.8, 4) is 0 Å². The van der Waals surface area contributed by atoms with Crippen molar-refractivity contribution >= 4 is 17.8 Å². The topological polar surface area (TPSA) is 83.9 Å². The normalized spacial score (nSPS) is 21.6. The maximum atomic E-state index is 11.8. The van der Waals surface area contributed by atoms with Gasteiger partial charge in [0, 0.05) is 13.5 Å². The maximum Gasteiger partial charge on any atom is 0.326 e. The van der Waals surface area contributed by atoms with Crippen LogP contribution in [0.2, 0.25) is 0 Å². The van der Waals surface area contributed by atoms with Crippen LogP contribution < -0.4 is 0 Å². The first-order valence-electron chi connectivity index (χ1n) is 5.14. The Hall–Kier alpha value is -1.59. The highest BCUT2D eigenvalue weighted by atomic mass is 16.5. The van der Waals surface area contributed by atoms with Crippen molar-refractivity contribution < 1.29 is 24.2 Å². The highest BCUT2D eigenvalue weighted by molar-refractivity contribution is 5.88. The molecule has 1 fully saturated rings. The van der Waals surface area contributed by atoms with Gasteiger partial charge in [-0.2, -0.15) is 0 Å². The van der Waals surface area contributed by atoms with Crippen molar-refractivity contribution in [3.63, 3.8) is 0 Å². The second-order valence-electron chi connectivity index (χ2n) is 3.78. The molecule has 1 aliphatic rings. The second kappa shape index (κ2) is 4.96. The third kappa shape index (κ3) is 2.71. The van der Waals surface area contributed by atoms with Crippen molar-refractivity contribution in [2.24, 2.45) is 0 Å². The smallest absolute Gasteiger partial charge is 0.326 e. The number of hydrogen-bond donors (Lipinski definition) is 1. The minimum atomic E-state index is -1.01. The molecule has 1 saturated heterocycles. The van der Waals surface area contributed by atoms with Crippen LogP contribution in [0.3, 0.4) is 0 Å². The average Bonchev–Trinajstić information content (AvgIpc) is 2.63. The number of carboxylic acid groups (broad SMARTS) is 1. The van der Waals surface area contributed by atoms with Gasteiger partial charge in [0.1, 0.15) is 6.04 Å². The van der Waals surface area contributed by atoms with Crippen LogP contribution >= 0.6 is 0 Å². The molecule has 0 aliphatic carbocycles. The summed E-state index contributed by atoms with van der Waals surface area (Å²) < 4.78 is 4.73. The van der Waals surface area contributed by atoms with Crippen molar-refractivity contribution in [2.75, 3.05) is 6.54 Å². The lowest BCUT2D eigenvalue weighted by molar-refractivity contribution is -0.160. The van der Waals surface area contributed by atoms with Gasteiger partial charge in [0.25, 0.3) is 5.91 Å². The summed E-state index contributed by atoms with van der Waals surface area (Å²) >= 11 is 0. The minimum Gasteiger partial charge on any atom is -0.480 e. The molecule has 0 unspecified atom stereocenters. The van der Waals surface area contributed by atoms with Crippen molar-refractivity contribution in [3.05, 3.63) is 0 Å². The van der Waals surface area contributed by atoms with E-state index < -0.39 is 30.0 Å². The Morgan fingerprint density at radius 2 is 2.06 bits per heavy atom. The first-order chi connectivity index (χ1) is 7.43.